The van der Waals surface area contributed by atoms with Gasteiger partial charge in [0.15, 0.2) is 11.5 Å². The normalized spacial score (nSPS) is 10.5. The third-order valence-corrected chi connectivity index (χ3v) is 5.09. The molecule has 0 radical (unpaired) electrons. The van der Waals surface area contributed by atoms with Gasteiger partial charge in [-0.05, 0) is 30.3 Å². The molecule has 0 atom stereocenters. The lowest BCUT2D eigenvalue weighted by molar-refractivity contribution is -0.143. The highest BCUT2D eigenvalue weighted by atomic mass is 35.5. The fraction of sp³-hybridized carbons (Fsp3) is 0.261. The highest BCUT2D eigenvalue weighted by Gasteiger charge is 2.18. The van der Waals surface area contributed by atoms with Gasteiger partial charge in [-0.25, -0.2) is 4.98 Å². The second kappa shape index (κ2) is 10.7. The molecule has 1 heterocycles. The molecule has 1 amide bonds. The average molecular weight is 475 g/mol. The van der Waals surface area contributed by atoms with Crippen LogP contribution in [0.3, 0.4) is 0 Å². The van der Waals surface area contributed by atoms with E-state index in [1.807, 2.05) is 6.07 Å². The molecule has 10 heteroatoms. The Morgan fingerprint density at radius 2 is 1.64 bits per heavy atom. The number of pyridine rings is 1. The van der Waals surface area contributed by atoms with Gasteiger partial charge in [0.1, 0.15) is 24.1 Å². The second-order valence-electron chi connectivity index (χ2n) is 6.75. The van der Waals surface area contributed by atoms with Crippen LogP contribution in [0, 0.1) is 0 Å². The van der Waals surface area contributed by atoms with E-state index >= 15 is 0 Å². The molecule has 0 aliphatic carbocycles. The zero-order chi connectivity index (χ0) is 24.0. The monoisotopic (exact) mass is 474 g/mol. The molecule has 3 aromatic rings. The Balaban J connectivity index is 1.62. The molecular weight excluding hydrogens is 452 g/mol. The van der Waals surface area contributed by atoms with Crippen LogP contribution in [-0.2, 0) is 16.1 Å². The van der Waals surface area contributed by atoms with Crippen LogP contribution in [0.2, 0.25) is 5.15 Å². The Bertz CT molecular complexity index is 1160. The van der Waals surface area contributed by atoms with Crippen molar-refractivity contribution in [2.75, 3.05) is 35.0 Å². The number of rotatable bonds is 9. The molecule has 0 aliphatic rings. The second-order valence-corrected chi connectivity index (χ2v) is 7.11. The first-order valence-electron chi connectivity index (χ1n) is 9.77. The highest BCUT2D eigenvalue weighted by molar-refractivity contribution is 6.30. The zero-order valence-corrected chi connectivity index (χ0v) is 19.3. The summed E-state index contributed by atoms with van der Waals surface area (Å²) in [6.07, 6.45) is 0. The molecule has 0 bridgehead atoms. The van der Waals surface area contributed by atoms with Crippen molar-refractivity contribution in [3.05, 3.63) is 52.7 Å². The summed E-state index contributed by atoms with van der Waals surface area (Å²) in [5.74, 6) is 0.511. The maximum Gasteiger partial charge on any atom is 0.325 e. The average Bonchev–Trinajstić information content (AvgIpc) is 2.84. The van der Waals surface area contributed by atoms with Gasteiger partial charge >= 0.3 is 5.97 Å². The molecule has 3 rings (SSSR count). The van der Waals surface area contributed by atoms with Gasteiger partial charge in [0, 0.05) is 22.6 Å². The SMILES string of the molecule is COc1ccc2cc(COC(=O)CNC(=O)c3cc(OC)c(OC)c(OC)c3)c(Cl)nc2c1. The summed E-state index contributed by atoms with van der Waals surface area (Å²) < 4.78 is 26.1. The van der Waals surface area contributed by atoms with Crippen LogP contribution >= 0.6 is 11.6 Å². The van der Waals surface area contributed by atoms with Gasteiger partial charge in [0.25, 0.3) is 5.91 Å². The molecule has 0 unspecified atom stereocenters. The molecule has 1 N–H and O–H groups in total. The number of amides is 1. The van der Waals surface area contributed by atoms with Crippen LogP contribution in [-0.4, -0.2) is 51.8 Å². The van der Waals surface area contributed by atoms with Gasteiger partial charge in [-0.3, -0.25) is 9.59 Å². The number of methoxy groups -OCH3 is 4. The van der Waals surface area contributed by atoms with E-state index in [0.717, 1.165) is 5.39 Å². The fourth-order valence-electron chi connectivity index (χ4n) is 3.07. The Morgan fingerprint density at radius 3 is 2.24 bits per heavy atom. The molecule has 1 aromatic heterocycles. The molecule has 2 aromatic carbocycles. The Kier molecular flexibility index (Phi) is 7.78. The molecule has 174 valence electrons. The van der Waals surface area contributed by atoms with Crippen LogP contribution in [0.5, 0.6) is 23.0 Å². The summed E-state index contributed by atoms with van der Waals surface area (Å²) in [4.78, 5) is 29.0. The minimum atomic E-state index is -0.637. The summed E-state index contributed by atoms with van der Waals surface area (Å²) in [7, 11) is 5.92. The van der Waals surface area contributed by atoms with E-state index < -0.39 is 11.9 Å². The number of esters is 1. The Morgan fingerprint density at radius 1 is 0.939 bits per heavy atom. The van der Waals surface area contributed by atoms with E-state index in [9.17, 15) is 9.59 Å². The predicted molar refractivity (Wildman–Crippen MR) is 122 cm³/mol. The van der Waals surface area contributed by atoms with Crippen molar-refractivity contribution in [3.8, 4) is 23.0 Å². The molecule has 0 saturated carbocycles. The highest BCUT2D eigenvalue weighted by Crippen LogP contribution is 2.38. The smallest absolute Gasteiger partial charge is 0.325 e. The summed E-state index contributed by atoms with van der Waals surface area (Å²) in [6, 6.07) is 10.1. The zero-order valence-electron chi connectivity index (χ0n) is 18.6. The number of benzene rings is 2. The number of nitrogens with one attached hydrogen (secondary N) is 1. The van der Waals surface area contributed by atoms with Crippen molar-refractivity contribution < 1.29 is 33.3 Å². The summed E-state index contributed by atoms with van der Waals surface area (Å²) in [6.45, 7) is -0.433. The van der Waals surface area contributed by atoms with Crippen molar-refractivity contribution in [3.63, 3.8) is 0 Å². The minimum absolute atomic E-state index is 0.0906. The first-order chi connectivity index (χ1) is 15.9. The van der Waals surface area contributed by atoms with Crippen molar-refractivity contribution >= 4 is 34.4 Å². The third-order valence-electron chi connectivity index (χ3n) is 4.76. The molecule has 0 saturated heterocycles. The lowest BCUT2D eigenvalue weighted by Crippen LogP contribution is -2.30. The Labute approximate surface area is 195 Å². The topological polar surface area (TPSA) is 105 Å². The van der Waals surface area contributed by atoms with Crippen LogP contribution in [0.1, 0.15) is 15.9 Å². The number of aromatic nitrogens is 1. The van der Waals surface area contributed by atoms with Gasteiger partial charge < -0.3 is 29.0 Å². The van der Waals surface area contributed by atoms with Gasteiger partial charge in [0.05, 0.1) is 34.0 Å². The first kappa shape index (κ1) is 23.9. The van der Waals surface area contributed by atoms with Gasteiger partial charge in [-0.15, -0.1) is 0 Å². The van der Waals surface area contributed by atoms with E-state index in [1.54, 1.807) is 25.3 Å². The molecule has 33 heavy (non-hydrogen) atoms. The number of nitrogens with zero attached hydrogens (tertiary/aromatic N) is 1. The van der Waals surface area contributed by atoms with Crippen molar-refractivity contribution in [1.29, 1.82) is 0 Å². The first-order valence-corrected chi connectivity index (χ1v) is 10.1. The standard InChI is InChI=1S/C23H23ClN2O7/c1-29-16-6-5-13-7-15(22(24)26-17(13)10-16)12-33-20(27)11-25-23(28)14-8-18(30-2)21(32-4)19(9-14)31-3/h5-10H,11-12H2,1-4H3,(H,25,28). The lowest BCUT2D eigenvalue weighted by atomic mass is 10.1. The van der Waals surface area contributed by atoms with E-state index in [4.69, 9.17) is 35.3 Å². The lowest BCUT2D eigenvalue weighted by Gasteiger charge is -2.14. The number of hydrogen-bond acceptors (Lipinski definition) is 8. The minimum Gasteiger partial charge on any atom is -0.497 e. The van der Waals surface area contributed by atoms with Crippen molar-refractivity contribution in [2.24, 2.45) is 0 Å². The largest absolute Gasteiger partial charge is 0.497 e. The molecule has 9 nitrogen and oxygen atoms in total. The van der Waals surface area contributed by atoms with Crippen molar-refractivity contribution in [2.45, 2.75) is 6.61 Å². The Hall–Kier alpha value is -3.72. The number of hydrogen-bond donors (Lipinski definition) is 1. The number of carbonyl (C=O) groups is 2. The molecule has 0 spiro atoms. The molecule has 0 aliphatic heterocycles. The maximum atomic E-state index is 12.5. The van der Waals surface area contributed by atoms with E-state index in [1.165, 1.54) is 33.5 Å². The number of fused-ring (bicyclic) bond motifs is 1. The number of ether oxygens (including phenoxy) is 5. The van der Waals surface area contributed by atoms with Crippen molar-refractivity contribution in [1.82, 2.24) is 10.3 Å². The summed E-state index contributed by atoms with van der Waals surface area (Å²) in [5, 5.41) is 3.54. The van der Waals surface area contributed by atoms with E-state index in [0.29, 0.717) is 34.1 Å². The van der Waals surface area contributed by atoms with E-state index in [-0.39, 0.29) is 23.9 Å². The third kappa shape index (κ3) is 5.56. The van der Waals surface area contributed by atoms with Gasteiger partial charge in [0.2, 0.25) is 5.75 Å². The molecular formula is C23H23ClN2O7. The predicted octanol–water partition coefficient (Wildman–Crippen LogP) is 3.40. The van der Waals surface area contributed by atoms with E-state index in [2.05, 4.69) is 10.3 Å². The van der Waals surface area contributed by atoms with Crippen LogP contribution < -0.4 is 24.3 Å². The summed E-state index contributed by atoms with van der Waals surface area (Å²) >= 11 is 6.22. The summed E-state index contributed by atoms with van der Waals surface area (Å²) in [5.41, 5.74) is 1.43. The quantitative estimate of drug-likeness (QED) is 0.371. The number of carbonyl (C=O) groups excluding carboxylic acids is 2. The van der Waals surface area contributed by atoms with Gasteiger partial charge in [-0.1, -0.05) is 11.6 Å². The fourth-order valence-corrected chi connectivity index (χ4v) is 3.27. The van der Waals surface area contributed by atoms with Crippen LogP contribution in [0.4, 0.5) is 0 Å². The van der Waals surface area contributed by atoms with Crippen LogP contribution in [0.25, 0.3) is 10.9 Å². The maximum absolute atomic E-state index is 12.5. The molecule has 0 fully saturated rings. The number of halogens is 1. The van der Waals surface area contributed by atoms with Gasteiger partial charge in [-0.2, -0.15) is 0 Å². The van der Waals surface area contributed by atoms with Crippen LogP contribution in [0.15, 0.2) is 36.4 Å².